The molecular formula is C12H24N2O. The van der Waals surface area contributed by atoms with Crippen LogP contribution in [0, 0.1) is 0 Å². The Morgan fingerprint density at radius 2 is 2.00 bits per heavy atom. The number of rotatable bonds is 3. The Morgan fingerprint density at radius 1 is 1.20 bits per heavy atom. The van der Waals surface area contributed by atoms with Gasteiger partial charge in [0.25, 0.3) is 0 Å². The molecule has 0 aromatic carbocycles. The predicted molar refractivity (Wildman–Crippen MR) is 61.8 cm³/mol. The molecule has 0 radical (unpaired) electrons. The van der Waals surface area contributed by atoms with Crippen LogP contribution in [0.15, 0.2) is 0 Å². The van der Waals surface area contributed by atoms with E-state index in [-0.39, 0.29) is 0 Å². The Bertz CT molecular complexity index is 192. The van der Waals surface area contributed by atoms with Crippen molar-refractivity contribution in [1.82, 2.24) is 4.90 Å². The van der Waals surface area contributed by atoms with E-state index < -0.39 is 0 Å². The molecule has 1 aliphatic carbocycles. The molecule has 0 aromatic heterocycles. The highest BCUT2D eigenvalue weighted by molar-refractivity contribution is 4.86. The fourth-order valence-corrected chi connectivity index (χ4v) is 2.93. The van der Waals surface area contributed by atoms with E-state index in [9.17, 15) is 0 Å². The second-order valence-corrected chi connectivity index (χ2v) is 5.09. The third kappa shape index (κ3) is 2.92. The van der Waals surface area contributed by atoms with Crippen molar-refractivity contribution in [3.63, 3.8) is 0 Å². The summed E-state index contributed by atoms with van der Waals surface area (Å²) in [5.74, 6) is 0. The summed E-state index contributed by atoms with van der Waals surface area (Å²) in [4.78, 5) is 2.43. The summed E-state index contributed by atoms with van der Waals surface area (Å²) >= 11 is 0. The largest absolute Gasteiger partial charge is 0.377 e. The highest BCUT2D eigenvalue weighted by Crippen LogP contribution is 2.22. The van der Waals surface area contributed by atoms with Gasteiger partial charge in [0.05, 0.1) is 6.10 Å². The van der Waals surface area contributed by atoms with Crippen LogP contribution in [0.4, 0.5) is 0 Å². The molecule has 15 heavy (non-hydrogen) atoms. The lowest BCUT2D eigenvalue weighted by atomic mass is 9.90. The van der Waals surface area contributed by atoms with Crippen LogP contribution >= 0.6 is 0 Å². The Labute approximate surface area is 93.0 Å². The van der Waals surface area contributed by atoms with Gasteiger partial charge in [0.1, 0.15) is 0 Å². The highest BCUT2D eigenvalue weighted by atomic mass is 16.5. The van der Waals surface area contributed by atoms with Crippen molar-refractivity contribution in [3.8, 4) is 0 Å². The molecule has 2 rings (SSSR count). The van der Waals surface area contributed by atoms with Crippen molar-refractivity contribution in [2.75, 3.05) is 20.2 Å². The van der Waals surface area contributed by atoms with Gasteiger partial charge < -0.3 is 10.5 Å². The van der Waals surface area contributed by atoms with Crippen LogP contribution in [0.1, 0.15) is 38.5 Å². The van der Waals surface area contributed by atoms with Crippen molar-refractivity contribution in [2.45, 2.75) is 56.7 Å². The summed E-state index contributed by atoms with van der Waals surface area (Å²) in [6.45, 7) is 2.02. The Hall–Kier alpha value is -0.120. The van der Waals surface area contributed by atoms with E-state index in [1.807, 2.05) is 0 Å². The van der Waals surface area contributed by atoms with E-state index in [2.05, 4.69) is 11.9 Å². The summed E-state index contributed by atoms with van der Waals surface area (Å²) in [6, 6.07) is 0.966. The number of nitrogens with zero attached hydrogens (tertiary/aromatic N) is 1. The first-order valence-electron chi connectivity index (χ1n) is 6.35. The summed E-state index contributed by atoms with van der Waals surface area (Å²) in [5, 5.41) is 0. The SMILES string of the molecule is CN(C[C@@H]1CCCO1)[C@H]1CCCC[C@@H]1N. The van der Waals surface area contributed by atoms with E-state index >= 15 is 0 Å². The monoisotopic (exact) mass is 212 g/mol. The molecule has 0 spiro atoms. The maximum atomic E-state index is 6.17. The zero-order valence-corrected chi connectivity index (χ0v) is 9.82. The van der Waals surface area contributed by atoms with Gasteiger partial charge in [-0.2, -0.15) is 0 Å². The molecule has 3 nitrogen and oxygen atoms in total. The van der Waals surface area contributed by atoms with Crippen LogP contribution in [0.3, 0.4) is 0 Å². The minimum atomic E-state index is 0.380. The summed E-state index contributed by atoms with van der Waals surface area (Å²) in [7, 11) is 2.21. The van der Waals surface area contributed by atoms with Crippen molar-refractivity contribution in [3.05, 3.63) is 0 Å². The zero-order chi connectivity index (χ0) is 10.7. The van der Waals surface area contributed by atoms with Crippen molar-refractivity contribution in [1.29, 1.82) is 0 Å². The minimum Gasteiger partial charge on any atom is -0.377 e. The van der Waals surface area contributed by atoms with E-state index in [1.54, 1.807) is 0 Å². The Morgan fingerprint density at radius 3 is 2.67 bits per heavy atom. The molecule has 2 N–H and O–H groups in total. The topological polar surface area (TPSA) is 38.5 Å². The smallest absolute Gasteiger partial charge is 0.0702 e. The van der Waals surface area contributed by atoms with E-state index in [0.717, 1.165) is 13.2 Å². The average molecular weight is 212 g/mol. The van der Waals surface area contributed by atoms with Crippen LogP contribution in [0.25, 0.3) is 0 Å². The first-order chi connectivity index (χ1) is 7.27. The third-order valence-electron chi connectivity index (χ3n) is 3.86. The van der Waals surface area contributed by atoms with Crippen molar-refractivity contribution < 1.29 is 4.74 Å². The lowest BCUT2D eigenvalue weighted by Gasteiger charge is -2.37. The van der Waals surface area contributed by atoms with Gasteiger partial charge in [0, 0.05) is 25.2 Å². The maximum Gasteiger partial charge on any atom is 0.0702 e. The number of hydrogen-bond acceptors (Lipinski definition) is 3. The molecule has 0 amide bonds. The molecule has 3 atom stereocenters. The van der Waals surface area contributed by atoms with Crippen LogP contribution in [-0.2, 0) is 4.74 Å². The lowest BCUT2D eigenvalue weighted by molar-refractivity contribution is 0.0565. The number of nitrogens with two attached hydrogens (primary N) is 1. The predicted octanol–water partition coefficient (Wildman–Crippen LogP) is 1.37. The number of likely N-dealkylation sites (N-methyl/N-ethyl adjacent to an activating group) is 1. The van der Waals surface area contributed by atoms with E-state index in [4.69, 9.17) is 10.5 Å². The standard InChI is InChI=1S/C12H24N2O/c1-14(9-10-5-4-8-15-10)12-7-3-2-6-11(12)13/h10-12H,2-9,13H2,1H3/t10-,11-,12-/m0/s1. The van der Waals surface area contributed by atoms with Crippen LogP contribution < -0.4 is 5.73 Å². The summed E-state index contributed by atoms with van der Waals surface area (Å²) in [6.07, 6.45) is 8.04. The second-order valence-electron chi connectivity index (χ2n) is 5.09. The summed E-state index contributed by atoms with van der Waals surface area (Å²) < 4.78 is 5.67. The summed E-state index contributed by atoms with van der Waals surface area (Å²) in [5.41, 5.74) is 6.17. The van der Waals surface area contributed by atoms with Gasteiger partial charge in [0.2, 0.25) is 0 Å². The molecule has 2 fully saturated rings. The van der Waals surface area contributed by atoms with Gasteiger partial charge in [-0.3, -0.25) is 4.90 Å². The Kier molecular flexibility index (Phi) is 4.00. The fraction of sp³-hybridized carbons (Fsp3) is 1.00. The molecule has 0 unspecified atom stereocenters. The average Bonchev–Trinajstić information content (AvgIpc) is 2.71. The first kappa shape index (κ1) is 11.4. The molecule has 1 aliphatic heterocycles. The molecule has 88 valence electrons. The van der Waals surface area contributed by atoms with Gasteiger partial charge in [-0.25, -0.2) is 0 Å². The van der Waals surface area contributed by atoms with Gasteiger partial charge in [-0.1, -0.05) is 12.8 Å². The van der Waals surface area contributed by atoms with Crippen LogP contribution in [0.5, 0.6) is 0 Å². The zero-order valence-electron chi connectivity index (χ0n) is 9.82. The van der Waals surface area contributed by atoms with Crippen molar-refractivity contribution >= 4 is 0 Å². The minimum absolute atomic E-state index is 0.380. The maximum absolute atomic E-state index is 6.17. The molecule has 1 saturated heterocycles. The van der Waals surface area contributed by atoms with Gasteiger partial charge >= 0.3 is 0 Å². The van der Waals surface area contributed by atoms with Crippen molar-refractivity contribution in [2.24, 2.45) is 5.73 Å². The quantitative estimate of drug-likeness (QED) is 0.768. The first-order valence-corrected chi connectivity index (χ1v) is 6.35. The molecule has 1 heterocycles. The third-order valence-corrected chi connectivity index (χ3v) is 3.86. The fourth-order valence-electron chi connectivity index (χ4n) is 2.93. The van der Waals surface area contributed by atoms with E-state index in [0.29, 0.717) is 18.2 Å². The number of hydrogen-bond donors (Lipinski definition) is 1. The van der Waals surface area contributed by atoms with Gasteiger partial charge in [0.15, 0.2) is 0 Å². The normalized spacial score (nSPS) is 37.4. The molecule has 0 aromatic rings. The molecule has 2 aliphatic rings. The molecule has 3 heteroatoms. The highest BCUT2D eigenvalue weighted by Gasteiger charge is 2.27. The lowest BCUT2D eigenvalue weighted by Crippen LogP contribution is -2.49. The molecule has 1 saturated carbocycles. The van der Waals surface area contributed by atoms with Crippen LogP contribution in [0.2, 0.25) is 0 Å². The Balaban J connectivity index is 1.80. The second kappa shape index (κ2) is 5.28. The van der Waals surface area contributed by atoms with Gasteiger partial charge in [-0.05, 0) is 32.7 Å². The molecular weight excluding hydrogens is 188 g/mol. The number of ether oxygens (including phenoxy) is 1. The van der Waals surface area contributed by atoms with Gasteiger partial charge in [-0.15, -0.1) is 0 Å². The van der Waals surface area contributed by atoms with Crippen LogP contribution in [-0.4, -0.2) is 43.3 Å². The van der Waals surface area contributed by atoms with E-state index in [1.165, 1.54) is 38.5 Å². The molecule has 0 bridgehead atoms.